The first kappa shape index (κ1) is 20.5. The standard InChI is InChI=1S/C21H25NO5S/c1-17(19-5-3-2-4-6-19)27-21(23)12-9-18-7-10-20(11-8-18)28(24,25)22-13-15-26-16-14-22/h2-8,10-11,17H,9,12-16H2,1H3/t17-/m0/s1. The van der Waals surface area contributed by atoms with E-state index in [-0.39, 0.29) is 23.4 Å². The van der Waals surface area contributed by atoms with Crippen molar-refractivity contribution in [2.75, 3.05) is 26.3 Å². The maximum Gasteiger partial charge on any atom is 0.306 e. The van der Waals surface area contributed by atoms with E-state index in [0.29, 0.717) is 32.7 Å². The van der Waals surface area contributed by atoms with Gasteiger partial charge in [-0.2, -0.15) is 4.31 Å². The summed E-state index contributed by atoms with van der Waals surface area (Å²) in [6.07, 6.45) is 0.444. The number of aryl methyl sites for hydroxylation is 1. The van der Waals surface area contributed by atoms with E-state index in [2.05, 4.69) is 0 Å². The molecule has 0 aromatic heterocycles. The molecule has 1 saturated heterocycles. The molecule has 0 saturated carbocycles. The highest BCUT2D eigenvalue weighted by Gasteiger charge is 2.26. The van der Waals surface area contributed by atoms with Crippen LogP contribution in [0.5, 0.6) is 0 Å². The first-order valence-corrected chi connectivity index (χ1v) is 10.8. The van der Waals surface area contributed by atoms with Crippen molar-refractivity contribution in [3.8, 4) is 0 Å². The van der Waals surface area contributed by atoms with E-state index in [1.165, 1.54) is 4.31 Å². The largest absolute Gasteiger partial charge is 0.458 e. The third kappa shape index (κ3) is 5.19. The number of hydrogen-bond donors (Lipinski definition) is 0. The quantitative estimate of drug-likeness (QED) is 0.665. The summed E-state index contributed by atoms with van der Waals surface area (Å²) < 4.78 is 37.3. The average Bonchev–Trinajstić information content (AvgIpc) is 2.74. The summed E-state index contributed by atoms with van der Waals surface area (Å²) in [7, 11) is -3.49. The van der Waals surface area contributed by atoms with E-state index < -0.39 is 10.0 Å². The summed E-state index contributed by atoms with van der Waals surface area (Å²) in [6, 6.07) is 16.3. The van der Waals surface area contributed by atoms with Crippen LogP contribution >= 0.6 is 0 Å². The van der Waals surface area contributed by atoms with Gasteiger partial charge in [-0.3, -0.25) is 4.79 Å². The van der Waals surface area contributed by atoms with Gasteiger partial charge in [0.2, 0.25) is 10.0 Å². The second-order valence-electron chi connectivity index (χ2n) is 6.70. The molecule has 7 heteroatoms. The molecular formula is C21H25NO5S. The van der Waals surface area contributed by atoms with E-state index in [9.17, 15) is 13.2 Å². The molecular weight excluding hydrogens is 378 g/mol. The summed E-state index contributed by atoms with van der Waals surface area (Å²) in [4.78, 5) is 12.4. The number of hydrogen-bond acceptors (Lipinski definition) is 5. The topological polar surface area (TPSA) is 72.9 Å². The highest BCUT2D eigenvalue weighted by Crippen LogP contribution is 2.20. The molecule has 0 amide bonds. The molecule has 1 fully saturated rings. The summed E-state index contributed by atoms with van der Waals surface area (Å²) in [6.45, 7) is 3.42. The highest BCUT2D eigenvalue weighted by molar-refractivity contribution is 7.89. The summed E-state index contributed by atoms with van der Waals surface area (Å²) >= 11 is 0. The molecule has 2 aromatic carbocycles. The van der Waals surface area contributed by atoms with Crippen molar-refractivity contribution in [3.05, 3.63) is 65.7 Å². The average molecular weight is 404 g/mol. The van der Waals surface area contributed by atoms with Gasteiger partial charge < -0.3 is 9.47 Å². The van der Waals surface area contributed by atoms with Crippen molar-refractivity contribution >= 4 is 16.0 Å². The third-order valence-corrected chi connectivity index (χ3v) is 6.64. The lowest BCUT2D eigenvalue weighted by Gasteiger charge is -2.26. The summed E-state index contributed by atoms with van der Waals surface area (Å²) in [5, 5.41) is 0. The fraction of sp³-hybridized carbons (Fsp3) is 0.381. The SMILES string of the molecule is C[C@H](OC(=O)CCc1ccc(S(=O)(=O)N2CCOCC2)cc1)c1ccccc1. The number of sulfonamides is 1. The van der Waals surface area contributed by atoms with Crippen molar-refractivity contribution < 1.29 is 22.7 Å². The Bertz CT molecular complexity index is 875. The Morgan fingerprint density at radius 2 is 1.71 bits per heavy atom. The second-order valence-corrected chi connectivity index (χ2v) is 8.64. The Morgan fingerprint density at radius 1 is 1.07 bits per heavy atom. The number of ether oxygens (including phenoxy) is 2. The van der Waals surface area contributed by atoms with E-state index >= 15 is 0 Å². The zero-order valence-corrected chi connectivity index (χ0v) is 16.7. The van der Waals surface area contributed by atoms with Crippen LogP contribution in [-0.4, -0.2) is 45.0 Å². The van der Waals surface area contributed by atoms with Gasteiger partial charge in [0.25, 0.3) is 0 Å². The molecule has 0 spiro atoms. The number of benzene rings is 2. The molecule has 6 nitrogen and oxygen atoms in total. The van der Waals surface area contributed by atoms with Gasteiger partial charge in [-0.05, 0) is 36.6 Å². The maximum atomic E-state index is 12.6. The van der Waals surface area contributed by atoms with E-state index in [0.717, 1.165) is 11.1 Å². The minimum absolute atomic E-state index is 0.243. The van der Waals surface area contributed by atoms with Crippen molar-refractivity contribution in [1.29, 1.82) is 0 Å². The number of rotatable bonds is 7. The van der Waals surface area contributed by atoms with E-state index in [4.69, 9.17) is 9.47 Å². The highest BCUT2D eigenvalue weighted by atomic mass is 32.2. The predicted octanol–water partition coefficient (Wildman–Crippen LogP) is 2.94. The molecule has 1 aliphatic heterocycles. The predicted molar refractivity (Wildman–Crippen MR) is 105 cm³/mol. The monoisotopic (exact) mass is 403 g/mol. The van der Waals surface area contributed by atoms with Gasteiger partial charge in [-0.15, -0.1) is 0 Å². The number of esters is 1. The molecule has 1 aliphatic rings. The molecule has 0 radical (unpaired) electrons. The lowest BCUT2D eigenvalue weighted by atomic mass is 10.1. The molecule has 2 aromatic rings. The van der Waals surface area contributed by atoms with Gasteiger partial charge in [-0.25, -0.2) is 8.42 Å². The van der Waals surface area contributed by atoms with Gasteiger partial charge in [0, 0.05) is 19.5 Å². The van der Waals surface area contributed by atoms with Crippen LogP contribution in [0.3, 0.4) is 0 Å². The van der Waals surface area contributed by atoms with Crippen LogP contribution in [0.4, 0.5) is 0 Å². The van der Waals surface area contributed by atoms with Gasteiger partial charge in [0.05, 0.1) is 18.1 Å². The number of nitrogens with zero attached hydrogens (tertiary/aromatic N) is 1. The Hall–Kier alpha value is -2.22. The smallest absolute Gasteiger partial charge is 0.306 e. The van der Waals surface area contributed by atoms with Crippen LogP contribution in [0.25, 0.3) is 0 Å². The zero-order valence-electron chi connectivity index (χ0n) is 15.9. The molecule has 0 N–H and O–H groups in total. The second kappa shape index (κ2) is 9.32. The fourth-order valence-electron chi connectivity index (χ4n) is 3.06. The third-order valence-electron chi connectivity index (χ3n) is 4.73. The molecule has 28 heavy (non-hydrogen) atoms. The van der Waals surface area contributed by atoms with Crippen LogP contribution in [0.1, 0.15) is 30.6 Å². The van der Waals surface area contributed by atoms with Gasteiger partial charge in [0.15, 0.2) is 0 Å². The minimum Gasteiger partial charge on any atom is -0.458 e. The number of carbonyl (C=O) groups is 1. The Kier molecular flexibility index (Phi) is 6.83. The minimum atomic E-state index is -3.49. The number of carbonyl (C=O) groups excluding carboxylic acids is 1. The molecule has 3 rings (SSSR count). The first-order chi connectivity index (χ1) is 13.5. The van der Waals surface area contributed by atoms with Crippen LogP contribution < -0.4 is 0 Å². The Morgan fingerprint density at radius 3 is 2.36 bits per heavy atom. The van der Waals surface area contributed by atoms with Crippen LogP contribution in [0.15, 0.2) is 59.5 Å². The van der Waals surface area contributed by atoms with Crippen LogP contribution in [-0.2, 0) is 30.7 Å². The summed E-state index contributed by atoms with van der Waals surface area (Å²) in [5.41, 5.74) is 1.85. The lowest BCUT2D eigenvalue weighted by Crippen LogP contribution is -2.40. The van der Waals surface area contributed by atoms with E-state index in [1.54, 1.807) is 24.3 Å². The van der Waals surface area contributed by atoms with Gasteiger partial charge >= 0.3 is 5.97 Å². The molecule has 0 bridgehead atoms. The van der Waals surface area contributed by atoms with Crippen LogP contribution in [0, 0.1) is 0 Å². The lowest BCUT2D eigenvalue weighted by molar-refractivity contribution is -0.148. The van der Waals surface area contributed by atoms with Crippen molar-refractivity contribution in [2.24, 2.45) is 0 Å². The van der Waals surface area contributed by atoms with Crippen molar-refractivity contribution in [2.45, 2.75) is 30.8 Å². The normalized spacial score (nSPS) is 16.5. The van der Waals surface area contributed by atoms with Crippen molar-refractivity contribution in [1.82, 2.24) is 4.31 Å². The first-order valence-electron chi connectivity index (χ1n) is 9.38. The zero-order chi connectivity index (χ0) is 20.0. The van der Waals surface area contributed by atoms with Crippen LogP contribution in [0.2, 0.25) is 0 Å². The molecule has 1 atom stereocenters. The summed E-state index contributed by atoms with van der Waals surface area (Å²) in [5.74, 6) is -0.277. The van der Waals surface area contributed by atoms with Gasteiger partial charge in [-0.1, -0.05) is 42.5 Å². The van der Waals surface area contributed by atoms with Crippen molar-refractivity contribution in [3.63, 3.8) is 0 Å². The fourth-order valence-corrected chi connectivity index (χ4v) is 4.47. The molecule has 150 valence electrons. The van der Waals surface area contributed by atoms with E-state index in [1.807, 2.05) is 37.3 Å². The molecule has 1 heterocycles. The van der Waals surface area contributed by atoms with Gasteiger partial charge in [0.1, 0.15) is 6.10 Å². The Balaban J connectivity index is 1.53. The Labute approximate surface area is 166 Å². The maximum absolute atomic E-state index is 12.6. The molecule has 0 unspecified atom stereocenters. The number of morpholine rings is 1. The molecule has 0 aliphatic carbocycles.